The first-order chi connectivity index (χ1) is 6.00. The van der Waals surface area contributed by atoms with E-state index in [1.807, 2.05) is 6.92 Å². The summed E-state index contributed by atoms with van der Waals surface area (Å²) in [5.41, 5.74) is -0.0133. The topological polar surface area (TPSA) is 53.8 Å². The molecular formula is C9H15NO3. The van der Waals surface area contributed by atoms with Crippen LogP contribution in [0.3, 0.4) is 0 Å². The van der Waals surface area contributed by atoms with Gasteiger partial charge < -0.3 is 15.0 Å². The van der Waals surface area contributed by atoms with Crippen LogP contribution >= 0.6 is 0 Å². The molecular weight excluding hydrogens is 170 g/mol. The quantitative estimate of drug-likeness (QED) is 0.486. The van der Waals surface area contributed by atoms with Crippen LogP contribution in [0, 0.1) is 5.21 Å². The van der Waals surface area contributed by atoms with Gasteiger partial charge in [-0.3, -0.25) is 0 Å². The first-order valence-corrected chi connectivity index (χ1v) is 4.39. The SMILES string of the molecule is CCOC(=O)C1(C)CC(C)=C[NH+]1[O-]. The number of carbonyl (C=O) groups excluding carboxylic acids is 1. The molecule has 0 spiro atoms. The first kappa shape index (κ1) is 10.2. The van der Waals surface area contributed by atoms with Crippen LogP contribution in [0.15, 0.2) is 11.8 Å². The van der Waals surface area contributed by atoms with E-state index in [0.29, 0.717) is 13.0 Å². The van der Waals surface area contributed by atoms with Crippen molar-refractivity contribution >= 4 is 5.97 Å². The molecule has 2 unspecified atom stereocenters. The highest BCUT2D eigenvalue weighted by Crippen LogP contribution is 2.18. The molecule has 0 saturated carbocycles. The van der Waals surface area contributed by atoms with E-state index in [-0.39, 0.29) is 5.06 Å². The molecule has 0 aromatic carbocycles. The minimum atomic E-state index is -0.958. The summed E-state index contributed by atoms with van der Waals surface area (Å²) in [6, 6.07) is 0. The summed E-state index contributed by atoms with van der Waals surface area (Å²) in [6.45, 7) is 5.55. The molecule has 1 rings (SSSR count). The van der Waals surface area contributed by atoms with Crippen molar-refractivity contribution in [3.8, 4) is 0 Å². The van der Waals surface area contributed by atoms with Crippen molar-refractivity contribution in [2.45, 2.75) is 32.7 Å². The molecule has 0 fully saturated rings. The van der Waals surface area contributed by atoms with Crippen molar-refractivity contribution in [2.75, 3.05) is 6.61 Å². The maximum Gasteiger partial charge on any atom is 0.368 e. The lowest BCUT2D eigenvalue weighted by Gasteiger charge is -2.31. The van der Waals surface area contributed by atoms with Gasteiger partial charge in [0.2, 0.25) is 5.54 Å². The van der Waals surface area contributed by atoms with E-state index < -0.39 is 11.5 Å². The second kappa shape index (κ2) is 3.47. The molecule has 1 aliphatic rings. The van der Waals surface area contributed by atoms with Crippen molar-refractivity contribution in [2.24, 2.45) is 0 Å². The Morgan fingerprint density at radius 1 is 1.85 bits per heavy atom. The molecule has 0 amide bonds. The van der Waals surface area contributed by atoms with Crippen LogP contribution in [-0.2, 0) is 9.53 Å². The van der Waals surface area contributed by atoms with E-state index in [0.717, 1.165) is 5.57 Å². The van der Waals surface area contributed by atoms with Crippen LogP contribution in [0.2, 0.25) is 0 Å². The summed E-state index contributed by atoms with van der Waals surface area (Å²) in [7, 11) is 0. The second-order valence-corrected chi connectivity index (χ2v) is 3.58. The smallest absolute Gasteiger partial charge is 0.368 e. The first-order valence-electron chi connectivity index (χ1n) is 4.39. The predicted molar refractivity (Wildman–Crippen MR) is 47.7 cm³/mol. The molecule has 0 radical (unpaired) electrons. The minimum absolute atomic E-state index is 0.136. The number of hydrogen-bond acceptors (Lipinski definition) is 3. The van der Waals surface area contributed by atoms with Gasteiger partial charge in [0.05, 0.1) is 12.8 Å². The Hall–Kier alpha value is -0.870. The molecule has 0 aromatic rings. The lowest BCUT2D eigenvalue weighted by Crippen LogP contribution is -3.11. The Morgan fingerprint density at radius 3 is 2.85 bits per heavy atom. The molecule has 1 aliphatic heterocycles. The fraction of sp³-hybridized carbons (Fsp3) is 0.667. The van der Waals surface area contributed by atoms with Crippen molar-refractivity contribution in [3.05, 3.63) is 17.0 Å². The molecule has 74 valence electrons. The summed E-state index contributed by atoms with van der Waals surface area (Å²) in [5, 5.41) is 11.3. The van der Waals surface area contributed by atoms with Gasteiger partial charge in [0.25, 0.3) is 0 Å². The molecule has 0 bridgehead atoms. The van der Waals surface area contributed by atoms with Crippen LogP contribution in [0.25, 0.3) is 0 Å². The van der Waals surface area contributed by atoms with E-state index in [1.54, 1.807) is 13.8 Å². The largest absolute Gasteiger partial charge is 0.628 e. The number of hydrogen-bond donors (Lipinski definition) is 1. The number of nitrogens with one attached hydrogen (secondary N) is 1. The minimum Gasteiger partial charge on any atom is -0.628 e. The van der Waals surface area contributed by atoms with Crippen molar-refractivity contribution in [3.63, 3.8) is 0 Å². The Balaban J connectivity index is 2.74. The molecule has 4 nitrogen and oxygen atoms in total. The number of esters is 1. The summed E-state index contributed by atoms with van der Waals surface area (Å²) >= 11 is 0. The summed E-state index contributed by atoms with van der Waals surface area (Å²) in [6.07, 6.45) is 2.02. The lowest BCUT2D eigenvalue weighted by atomic mass is 9.97. The summed E-state index contributed by atoms with van der Waals surface area (Å²) in [5.74, 6) is -0.409. The van der Waals surface area contributed by atoms with Gasteiger partial charge in [0.1, 0.15) is 0 Å². The van der Waals surface area contributed by atoms with E-state index in [4.69, 9.17) is 4.74 Å². The van der Waals surface area contributed by atoms with Crippen molar-refractivity contribution in [1.82, 2.24) is 0 Å². The Bertz CT molecular complexity index is 249. The van der Waals surface area contributed by atoms with E-state index in [9.17, 15) is 10.0 Å². The zero-order valence-electron chi connectivity index (χ0n) is 8.22. The van der Waals surface area contributed by atoms with Crippen LogP contribution in [-0.4, -0.2) is 18.1 Å². The molecule has 0 aliphatic carbocycles. The number of carbonyl (C=O) groups is 1. The van der Waals surface area contributed by atoms with Gasteiger partial charge in [-0.15, -0.1) is 0 Å². The molecule has 1 heterocycles. The molecule has 1 N–H and O–H groups in total. The number of rotatable bonds is 2. The lowest BCUT2D eigenvalue weighted by molar-refractivity contribution is -0.832. The van der Waals surface area contributed by atoms with Crippen molar-refractivity contribution < 1.29 is 14.6 Å². The average molecular weight is 185 g/mol. The summed E-state index contributed by atoms with van der Waals surface area (Å²) in [4.78, 5) is 11.4. The highest BCUT2D eigenvalue weighted by molar-refractivity contribution is 5.79. The summed E-state index contributed by atoms with van der Waals surface area (Å²) < 4.78 is 4.85. The van der Waals surface area contributed by atoms with E-state index in [1.165, 1.54) is 6.20 Å². The molecule has 2 atom stereocenters. The Labute approximate surface area is 77.7 Å². The van der Waals surface area contributed by atoms with Gasteiger partial charge in [0.15, 0.2) is 0 Å². The Morgan fingerprint density at radius 2 is 2.46 bits per heavy atom. The van der Waals surface area contributed by atoms with Crippen LogP contribution < -0.4 is 5.06 Å². The highest BCUT2D eigenvalue weighted by Gasteiger charge is 2.44. The Kier molecular flexibility index (Phi) is 2.73. The highest BCUT2D eigenvalue weighted by atomic mass is 16.6. The molecule has 13 heavy (non-hydrogen) atoms. The van der Waals surface area contributed by atoms with Crippen LogP contribution in [0.4, 0.5) is 0 Å². The maximum atomic E-state index is 11.4. The van der Waals surface area contributed by atoms with Gasteiger partial charge in [-0.2, -0.15) is 0 Å². The standard InChI is InChI=1S/C9H15NO3/c1-4-13-8(11)9(3)5-7(2)6-10(9)12/h6,10H,4-5H2,1-3H3. The predicted octanol–water partition coefficient (Wildman–Crippen LogP) is -0.00160. The van der Waals surface area contributed by atoms with Crippen LogP contribution in [0.5, 0.6) is 0 Å². The third kappa shape index (κ3) is 1.73. The average Bonchev–Trinajstić information content (AvgIpc) is 2.28. The fourth-order valence-corrected chi connectivity index (χ4v) is 1.54. The fourth-order valence-electron chi connectivity index (χ4n) is 1.54. The van der Waals surface area contributed by atoms with Gasteiger partial charge in [0, 0.05) is 13.3 Å². The third-order valence-corrected chi connectivity index (χ3v) is 2.28. The van der Waals surface area contributed by atoms with Gasteiger partial charge in [-0.1, -0.05) is 0 Å². The number of hydroxylamine groups is 2. The molecule has 0 saturated heterocycles. The molecule has 0 aromatic heterocycles. The van der Waals surface area contributed by atoms with Crippen molar-refractivity contribution in [1.29, 1.82) is 0 Å². The number of quaternary nitrogens is 1. The van der Waals surface area contributed by atoms with E-state index >= 15 is 0 Å². The normalized spacial score (nSPS) is 32.9. The van der Waals surface area contributed by atoms with Gasteiger partial charge in [-0.05, 0) is 19.4 Å². The number of ether oxygens (including phenoxy) is 1. The molecule has 4 heteroatoms. The third-order valence-electron chi connectivity index (χ3n) is 2.28. The zero-order chi connectivity index (χ0) is 10.1. The monoisotopic (exact) mass is 185 g/mol. The van der Waals surface area contributed by atoms with Gasteiger partial charge in [-0.25, -0.2) is 4.79 Å². The van der Waals surface area contributed by atoms with Crippen LogP contribution in [0.1, 0.15) is 27.2 Å². The van der Waals surface area contributed by atoms with Gasteiger partial charge >= 0.3 is 5.97 Å². The zero-order valence-corrected chi connectivity index (χ0v) is 8.22. The van der Waals surface area contributed by atoms with E-state index in [2.05, 4.69) is 0 Å². The maximum absolute atomic E-state index is 11.4. The second-order valence-electron chi connectivity index (χ2n) is 3.58.